The molecule has 1 aromatic rings. The summed E-state index contributed by atoms with van der Waals surface area (Å²) in [6.45, 7) is 4.24. The number of hydrogen-bond donors (Lipinski definition) is 3. The molecule has 1 aliphatic carbocycles. The average molecular weight is 510 g/mol. The molecule has 0 radical (unpaired) electrons. The van der Waals surface area contributed by atoms with Crippen LogP contribution in [-0.2, 0) is 10.3 Å². The molecular formula is C28H45F2N3O3. The Morgan fingerprint density at radius 3 is 2.67 bits per heavy atom. The summed E-state index contributed by atoms with van der Waals surface area (Å²) in [5.74, 6) is -1.85. The van der Waals surface area contributed by atoms with Crippen molar-refractivity contribution in [2.24, 2.45) is 23.5 Å². The van der Waals surface area contributed by atoms with Gasteiger partial charge in [-0.2, -0.15) is 0 Å². The van der Waals surface area contributed by atoms with Crippen LogP contribution in [0.15, 0.2) is 18.2 Å². The van der Waals surface area contributed by atoms with Crippen LogP contribution in [-0.4, -0.2) is 55.4 Å². The van der Waals surface area contributed by atoms with Gasteiger partial charge in [-0.15, -0.1) is 0 Å². The number of benzene rings is 1. The van der Waals surface area contributed by atoms with E-state index in [0.29, 0.717) is 57.9 Å². The number of rotatable bonds is 13. The van der Waals surface area contributed by atoms with Crippen LogP contribution < -0.4 is 11.1 Å². The molecule has 2 aliphatic rings. The minimum atomic E-state index is -1.64. The topological polar surface area (TPSA) is 87.8 Å². The molecule has 2 unspecified atom stereocenters. The Kier molecular flexibility index (Phi) is 10.9. The lowest BCUT2D eigenvalue weighted by atomic mass is 9.66. The summed E-state index contributed by atoms with van der Waals surface area (Å²) >= 11 is 0. The molecule has 8 heteroatoms. The zero-order valence-corrected chi connectivity index (χ0v) is 22.0. The van der Waals surface area contributed by atoms with Crippen LogP contribution in [0.2, 0.25) is 0 Å². The number of likely N-dealkylation sites (tertiary alicyclic amines) is 1. The second-order valence-corrected chi connectivity index (χ2v) is 10.7. The first-order valence-electron chi connectivity index (χ1n) is 13.8. The summed E-state index contributed by atoms with van der Waals surface area (Å²) < 4.78 is 35.1. The van der Waals surface area contributed by atoms with Crippen molar-refractivity contribution in [1.29, 1.82) is 0 Å². The summed E-state index contributed by atoms with van der Waals surface area (Å²) in [5, 5.41) is 15.7. The number of nitrogens with zero attached hydrogens (tertiary/aromatic N) is 1. The van der Waals surface area contributed by atoms with E-state index in [9.17, 15) is 14.3 Å². The maximum Gasteiger partial charge on any atom is 0.315 e. The molecule has 1 heterocycles. The highest BCUT2D eigenvalue weighted by Crippen LogP contribution is 2.47. The Balaban J connectivity index is 2.02. The van der Waals surface area contributed by atoms with Crippen molar-refractivity contribution in [2.75, 3.05) is 33.4 Å². The fourth-order valence-corrected chi connectivity index (χ4v) is 6.76. The van der Waals surface area contributed by atoms with E-state index in [1.54, 1.807) is 4.90 Å². The average Bonchev–Trinajstić information content (AvgIpc) is 3.38. The predicted octanol–water partition coefficient (Wildman–Crippen LogP) is 4.93. The van der Waals surface area contributed by atoms with Gasteiger partial charge in [0.1, 0.15) is 0 Å². The van der Waals surface area contributed by atoms with Crippen LogP contribution >= 0.6 is 0 Å². The summed E-state index contributed by atoms with van der Waals surface area (Å²) in [4.78, 5) is 14.4. The van der Waals surface area contributed by atoms with E-state index >= 15 is 4.39 Å². The van der Waals surface area contributed by atoms with E-state index < -0.39 is 29.2 Å². The number of aliphatic hydroxyl groups is 1. The van der Waals surface area contributed by atoms with Gasteiger partial charge in [-0.25, -0.2) is 13.6 Å². The lowest BCUT2D eigenvalue weighted by molar-refractivity contribution is -0.0953. The third-order valence-electron chi connectivity index (χ3n) is 8.36. The Morgan fingerprint density at radius 1 is 1.25 bits per heavy atom. The fraction of sp³-hybridized carbons (Fsp3) is 0.750. The predicted molar refractivity (Wildman–Crippen MR) is 137 cm³/mol. The van der Waals surface area contributed by atoms with Crippen molar-refractivity contribution in [2.45, 2.75) is 82.8 Å². The Morgan fingerprint density at radius 2 is 2.00 bits per heavy atom. The number of carbonyl (C=O) groups excluding carboxylic acids is 1. The highest BCUT2D eigenvalue weighted by Gasteiger charge is 2.50. The minimum Gasteiger partial charge on any atom is -0.385 e. The Bertz CT molecular complexity index is 836. The van der Waals surface area contributed by atoms with Crippen molar-refractivity contribution >= 4 is 6.03 Å². The number of nitrogens with one attached hydrogen (secondary N) is 1. The van der Waals surface area contributed by atoms with Crippen molar-refractivity contribution in [1.82, 2.24) is 10.2 Å². The molecule has 4 N–H and O–H groups in total. The number of nitrogens with two attached hydrogens (primary N) is 1. The highest BCUT2D eigenvalue weighted by atomic mass is 19.2. The van der Waals surface area contributed by atoms with Crippen LogP contribution in [0.4, 0.5) is 13.6 Å². The van der Waals surface area contributed by atoms with Gasteiger partial charge >= 0.3 is 6.03 Å². The van der Waals surface area contributed by atoms with E-state index in [1.165, 1.54) is 25.0 Å². The fourth-order valence-electron chi connectivity index (χ4n) is 6.76. The molecule has 0 spiro atoms. The lowest BCUT2D eigenvalue weighted by Gasteiger charge is -2.51. The minimum absolute atomic E-state index is 0.0238. The van der Waals surface area contributed by atoms with Crippen molar-refractivity contribution in [3.05, 3.63) is 35.4 Å². The summed E-state index contributed by atoms with van der Waals surface area (Å²) in [5.41, 5.74) is 4.22. The van der Waals surface area contributed by atoms with Crippen LogP contribution in [0.25, 0.3) is 0 Å². The Labute approximate surface area is 214 Å². The smallest absolute Gasteiger partial charge is 0.315 e. The van der Waals surface area contributed by atoms with Gasteiger partial charge in [0.25, 0.3) is 0 Å². The van der Waals surface area contributed by atoms with E-state index in [4.69, 9.17) is 10.5 Å². The summed E-state index contributed by atoms with van der Waals surface area (Å²) in [6, 6.07) is 3.13. The molecule has 1 saturated carbocycles. The zero-order chi connectivity index (χ0) is 26.1. The van der Waals surface area contributed by atoms with Gasteiger partial charge in [0.15, 0.2) is 11.6 Å². The number of piperidine rings is 1. The molecular weight excluding hydrogens is 464 g/mol. The lowest BCUT2D eigenvalue weighted by Crippen LogP contribution is -2.60. The van der Waals surface area contributed by atoms with Gasteiger partial charge in [-0.05, 0) is 76.9 Å². The number of carbonyl (C=O) groups is 1. The second-order valence-electron chi connectivity index (χ2n) is 10.7. The van der Waals surface area contributed by atoms with Crippen molar-refractivity contribution in [3.63, 3.8) is 0 Å². The molecule has 0 aromatic heterocycles. The standard InChI is InChI=1S/C28H45F2N3O3/c1-3-36-17-7-6-15-28(35,22-12-8-14-24(29)25(22)30)23-13-9-16-33(27(31)34)26(23)21(19-32-2)18-20-10-4-5-11-20/h8,12,14,20-21,23,26,32,35H,3-7,9-11,13,15-19H2,1-2H3,(H2,31,34)/t21-,23?,26?,28+/m0/s1. The van der Waals surface area contributed by atoms with Crippen LogP contribution in [0.5, 0.6) is 0 Å². The first kappa shape index (κ1) is 28.8. The molecule has 36 heavy (non-hydrogen) atoms. The normalized spacial score (nSPS) is 23.5. The first-order chi connectivity index (χ1) is 17.3. The van der Waals surface area contributed by atoms with E-state index in [2.05, 4.69) is 5.32 Å². The quantitative estimate of drug-likeness (QED) is 0.329. The van der Waals surface area contributed by atoms with Crippen molar-refractivity contribution in [3.8, 4) is 0 Å². The van der Waals surface area contributed by atoms with E-state index in [0.717, 1.165) is 25.3 Å². The molecule has 204 valence electrons. The second kappa shape index (κ2) is 13.7. The molecule has 3 rings (SSSR count). The van der Waals surface area contributed by atoms with E-state index in [-0.39, 0.29) is 23.9 Å². The summed E-state index contributed by atoms with van der Waals surface area (Å²) in [6.07, 6.45) is 8.46. The van der Waals surface area contributed by atoms with E-state index in [1.807, 2.05) is 14.0 Å². The van der Waals surface area contributed by atoms with Gasteiger partial charge in [0.05, 0.1) is 5.60 Å². The van der Waals surface area contributed by atoms with Gasteiger partial charge in [-0.3, -0.25) is 0 Å². The largest absolute Gasteiger partial charge is 0.385 e. The molecule has 4 atom stereocenters. The van der Waals surface area contributed by atoms with Crippen LogP contribution in [0.3, 0.4) is 0 Å². The number of urea groups is 1. The molecule has 1 aliphatic heterocycles. The van der Waals surface area contributed by atoms with Crippen molar-refractivity contribution < 1.29 is 23.4 Å². The molecule has 0 bridgehead atoms. The SMILES string of the molecule is CCOCCCC[C@@](O)(c1cccc(F)c1F)C1CCCN(C(N)=O)C1[C@H](CNC)CC1CCCC1. The third-order valence-corrected chi connectivity index (χ3v) is 8.36. The molecule has 1 saturated heterocycles. The van der Waals surface area contributed by atoms with Gasteiger partial charge in [0, 0.05) is 37.3 Å². The molecule has 2 amide bonds. The Hall–Kier alpha value is -1.77. The molecule has 1 aromatic carbocycles. The number of unbranched alkanes of at least 4 members (excludes halogenated alkanes) is 1. The van der Waals surface area contributed by atoms with Crippen LogP contribution in [0.1, 0.15) is 76.7 Å². The van der Waals surface area contributed by atoms with Gasteiger partial charge in [0.2, 0.25) is 0 Å². The number of hydrogen-bond acceptors (Lipinski definition) is 4. The number of amides is 2. The number of halogens is 2. The zero-order valence-electron chi connectivity index (χ0n) is 22.0. The number of primary amides is 1. The third kappa shape index (κ3) is 6.75. The highest BCUT2D eigenvalue weighted by molar-refractivity contribution is 5.72. The van der Waals surface area contributed by atoms with Gasteiger partial charge < -0.3 is 25.8 Å². The first-order valence-corrected chi connectivity index (χ1v) is 13.8. The monoisotopic (exact) mass is 509 g/mol. The van der Waals surface area contributed by atoms with Crippen LogP contribution in [0, 0.1) is 29.4 Å². The maximum absolute atomic E-state index is 15.3. The number of ether oxygens (including phenoxy) is 1. The summed E-state index contributed by atoms with van der Waals surface area (Å²) in [7, 11) is 1.89. The van der Waals surface area contributed by atoms with Gasteiger partial charge in [-0.1, -0.05) is 37.8 Å². The molecule has 2 fully saturated rings. The molecule has 6 nitrogen and oxygen atoms in total. The maximum atomic E-state index is 15.3.